The van der Waals surface area contributed by atoms with Crippen molar-refractivity contribution in [1.29, 1.82) is 0 Å². The van der Waals surface area contributed by atoms with Crippen LogP contribution in [0.25, 0.3) is 0 Å². The molecule has 2 unspecified atom stereocenters. The predicted octanol–water partition coefficient (Wildman–Crippen LogP) is 2.79. The van der Waals surface area contributed by atoms with Gasteiger partial charge in [-0.3, -0.25) is 0 Å². The van der Waals surface area contributed by atoms with E-state index in [4.69, 9.17) is 5.73 Å². The van der Waals surface area contributed by atoms with Crippen molar-refractivity contribution in [2.75, 3.05) is 11.9 Å². The van der Waals surface area contributed by atoms with Crippen LogP contribution in [0.5, 0.6) is 0 Å². The van der Waals surface area contributed by atoms with Crippen LogP contribution in [-0.4, -0.2) is 18.1 Å². The van der Waals surface area contributed by atoms with Gasteiger partial charge >= 0.3 is 0 Å². The molecule has 86 valence electrons. The highest BCUT2D eigenvalue weighted by atomic mass is 32.1. The van der Waals surface area contributed by atoms with Crippen molar-refractivity contribution in [3.05, 3.63) is 11.1 Å². The zero-order chi connectivity index (χ0) is 11.4. The molecule has 0 aromatic carbocycles. The minimum Gasteiger partial charge on any atom is -0.348 e. The molecular formula is C11H21N3S. The van der Waals surface area contributed by atoms with Crippen molar-refractivity contribution >= 4 is 16.5 Å². The van der Waals surface area contributed by atoms with Gasteiger partial charge in [0.05, 0.1) is 0 Å². The first kappa shape index (κ1) is 12.5. The van der Waals surface area contributed by atoms with Crippen molar-refractivity contribution in [1.82, 2.24) is 4.98 Å². The maximum absolute atomic E-state index is 5.81. The molecule has 1 aromatic heterocycles. The molecule has 1 aromatic rings. The Morgan fingerprint density at radius 2 is 2.20 bits per heavy atom. The monoisotopic (exact) mass is 227 g/mol. The van der Waals surface area contributed by atoms with E-state index in [-0.39, 0.29) is 6.04 Å². The minimum absolute atomic E-state index is 0.0890. The molecule has 0 radical (unpaired) electrons. The summed E-state index contributed by atoms with van der Waals surface area (Å²) < 4.78 is 0. The summed E-state index contributed by atoms with van der Waals surface area (Å²) in [6.45, 7) is 6.43. The molecule has 0 amide bonds. The summed E-state index contributed by atoms with van der Waals surface area (Å²) in [7, 11) is 2.10. The Morgan fingerprint density at radius 3 is 2.67 bits per heavy atom. The summed E-state index contributed by atoms with van der Waals surface area (Å²) in [5.41, 5.74) is 5.81. The molecule has 0 aliphatic carbocycles. The summed E-state index contributed by atoms with van der Waals surface area (Å²) in [5, 5.41) is 1.07. The van der Waals surface area contributed by atoms with Crippen LogP contribution in [0.3, 0.4) is 0 Å². The second kappa shape index (κ2) is 5.47. The van der Waals surface area contributed by atoms with E-state index >= 15 is 0 Å². The number of aromatic nitrogens is 1. The second-order valence-electron chi connectivity index (χ2n) is 4.08. The van der Waals surface area contributed by atoms with Gasteiger partial charge in [0.15, 0.2) is 5.13 Å². The number of hydrogen-bond donors (Lipinski definition) is 1. The van der Waals surface area contributed by atoms with Gasteiger partial charge < -0.3 is 10.6 Å². The fourth-order valence-corrected chi connectivity index (χ4v) is 2.38. The van der Waals surface area contributed by atoms with Gasteiger partial charge in [0.1, 0.15) is 0 Å². The van der Waals surface area contributed by atoms with Gasteiger partial charge in [-0.05, 0) is 20.3 Å². The number of hydrogen-bond acceptors (Lipinski definition) is 4. The lowest BCUT2D eigenvalue weighted by molar-refractivity contribution is 0.615. The quantitative estimate of drug-likeness (QED) is 0.841. The number of nitrogens with zero attached hydrogens (tertiary/aromatic N) is 2. The van der Waals surface area contributed by atoms with Crippen LogP contribution in [0.1, 0.15) is 44.5 Å². The van der Waals surface area contributed by atoms with Crippen molar-refractivity contribution in [2.24, 2.45) is 5.73 Å². The van der Waals surface area contributed by atoms with Crippen LogP contribution in [0.4, 0.5) is 5.13 Å². The van der Waals surface area contributed by atoms with E-state index in [0.29, 0.717) is 6.04 Å². The van der Waals surface area contributed by atoms with Gasteiger partial charge in [-0.1, -0.05) is 13.3 Å². The largest absolute Gasteiger partial charge is 0.348 e. The van der Waals surface area contributed by atoms with Crippen molar-refractivity contribution in [3.8, 4) is 0 Å². The second-order valence-corrected chi connectivity index (χ2v) is 5.12. The highest BCUT2D eigenvalue weighted by Crippen LogP contribution is 2.27. The van der Waals surface area contributed by atoms with E-state index in [1.165, 1.54) is 12.8 Å². The Bertz CT molecular complexity index is 296. The van der Waals surface area contributed by atoms with Gasteiger partial charge in [-0.25, -0.2) is 4.98 Å². The van der Waals surface area contributed by atoms with E-state index in [2.05, 4.69) is 30.8 Å². The number of anilines is 1. The van der Waals surface area contributed by atoms with E-state index in [9.17, 15) is 0 Å². The molecule has 15 heavy (non-hydrogen) atoms. The molecule has 0 saturated carbocycles. The lowest BCUT2D eigenvalue weighted by Crippen LogP contribution is -2.28. The van der Waals surface area contributed by atoms with Gasteiger partial charge in [-0.15, -0.1) is 11.3 Å². The molecular weight excluding hydrogens is 206 g/mol. The molecule has 0 aliphatic rings. The van der Waals surface area contributed by atoms with E-state index < -0.39 is 0 Å². The van der Waals surface area contributed by atoms with Crippen LogP contribution < -0.4 is 10.6 Å². The van der Waals surface area contributed by atoms with E-state index in [0.717, 1.165) is 10.0 Å². The average molecular weight is 227 g/mol. The summed E-state index contributed by atoms with van der Waals surface area (Å²) in [4.78, 5) is 7.79. The molecule has 3 nitrogen and oxygen atoms in total. The Labute approximate surface area is 96.3 Å². The fraction of sp³-hybridized carbons (Fsp3) is 0.727. The molecule has 2 N–H and O–H groups in total. The standard InChI is InChI=1S/C11H21N3S/c1-5-6-8(2)14(4)11-13-7-10(15-11)9(3)12/h7-9H,5-6,12H2,1-4H3. The Morgan fingerprint density at radius 1 is 1.53 bits per heavy atom. The molecule has 2 atom stereocenters. The highest BCUT2D eigenvalue weighted by Gasteiger charge is 2.13. The topological polar surface area (TPSA) is 42.2 Å². The van der Waals surface area contributed by atoms with Crippen molar-refractivity contribution < 1.29 is 0 Å². The van der Waals surface area contributed by atoms with Crippen molar-refractivity contribution in [2.45, 2.75) is 45.7 Å². The zero-order valence-corrected chi connectivity index (χ0v) is 10.8. The van der Waals surface area contributed by atoms with Crippen molar-refractivity contribution in [3.63, 3.8) is 0 Å². The normalized spacial score (nSPS) is 15.0. The first-order valence-corrected chi connectivity index (χ1v) is 6.32. The lowest BCUT2D eigenvalue weighted by atomic mass is 10.2. The van der Waals surface area contributed by atoms with E-state index in [1.807, 2.05) is 13.1 Å². The third kappa shape index (κ3) is 3.18. The maximum Gasteiger partial charge on any atom is 0.185 e. The molecule has 0 spiro atoms. The third-order valence-corrected chi connectivity index (χ3v) is 3.92. The Hall–Kier alpha value is -0.610. The first-order chi connectivity index (χ1) is 7.06. The van der Waals surface area contributed by atoms with Gasteiger partial charge in [-0.2, -0.15) is 0 Å². The fourth-order valence-electron chi connectivity index (χ4n) is 1.45. The smallest absolute Gasteiger partial charge is 0.185 e. The van der Waals surface area contributed by atoms with Crippen LogP contribution in [0.15, 0.2) is 6.20 Å². The minimum atomic E-state index is 0.0890. The zero-order valence-electron chi connectivity index (χ0n) is 10.0. The van der Waals surface area contributed by atoms with E-state index in [1.54, 1.807) is 11.3 Å². The predicted molar refractivity (Wildman–Crippen MR) is 67.5 cm³/mol. The summed E-state index contributed by atoms with van der Waals surface area (Å²) >= 11 is 1.69. The molecule has 4 heteroatoms. The SMILES string of the molecule is CCCC(C)N(C)c1ncc(C(C)N)s1. The molecule has 1 rings (SSSR count). The molecule has 0 saturated heterocycles. The number of nitrogens with two attached hydrogens (primary N) is 1. The summed E-state index contributed by atoms with van der Waals surface area (Å²) in [6, 6.07) is 0.633. The Kier molecular flexibility index (Phi) is 4.54. The third-order valence-electron chi connectivity index (χ3n) is 2.63. The van der Waals surface area contributed by atoms with Gasteiger partial charge in [0.25, 0.3) is 0 Å². The van der Waals surface area contributed by atoms with Crippen LogP contribution >= 0.6 is 11.3 Å². The summed E-state index contributed by atoms with van der Waals surface area (Å²) in [5.74, 6) is 0. The van der Waals surface area contributed by atoms with Crippen LogP contribution in [-0.2, 0) is 0 Å². The maximum atomic E-state index is 5.81. The average Bonchev–Trinajstić information content (AvgIpc) is 2.65. The Balaban J connectivity index is 2.69. The molecule has 1 heterocycles. The number of rotatable bonds is 5. The molecule has 0 bridgehead atoms. The molecule has 0 fully saturated rings. The van der Waals surface area contributed by atoms with Crippen LogP contribution in [0.2, 0.25) is 0 Å². The van der Waals surface area contributed by atoms with Gasteiger partial charge in [0, 0.05) is 30.2 Å². The first-order valence-electron chi connectivity index (χ1n) is 5.50. The highest BCUT2D eigenvalue weighted by molar-refractivity contribution is 7.15. The summed E-state index contributed by atoms with van der Waals surface area (Å²) in [6.07, 6.45) is 4.29. The molecule has 0 aliphatic heterocycles. The number of thiazole rings is 1. The van der Waals surface area contributed by atoms with Gasteiger partial charge in [0.2, 0.25) is 0 Å². The van der Waals surface area contributed by atoms with Crippen LogP contribution in [0, 0.1) is 0 Å². The lowest BCUT2D eigenvalue weighted by Gasteiger charge is -2.23.